The van der Waals surface area contributed by atoms with E-state index >= 15 is 0 Å². The van der Waals surface area contributed by atoms with Crippen LogP contribution >= 0.6 is 23.2 Å². The molecule has 0 unspecified atom stereocenters. The molecule has 0 aliphatic carbocycles. The summed E-state index contributed by atoms with van der Waals surface area (Å²) in [5, 5.41) is 11.2. The van der Waals surface area contributed by atoms with E-state index in [9.17, 15) is 9.59 Å². The molecule has 1 atom stereocenters. The van der Waals surface area contributed by atoms with E-state index in [4.69, 9.17) is 28.9 Å². The number of para-hydroxylation sites is 1. The van der Waals surface area contributed by atoms with Crippen LogP contribution in [0.25, 0.3) is 0 Å². The number of aromatic nitrogens is 4. The van der Waals surface area contributed by atoms with Crippen molar-refractivity contribution in [3.63, 3.8) is 0 Å². The van der Waals surface area contributed by atoms with Crippen molar-refractivity contribution >= 4 is 58.2 Å². The minimum Gasteiger partial charge on any atom is -0.365 e. The predicted octanol–water partition coefficient (Wildman–Crippen LogP) is 3.92. The van der Waals surface area contributed by atoms with Gasteiger partial charge >= 0.3 is 0 Å². The van der Waals surface area contributed by atoms with Crippen LogP contribution in [0.2, 0.25) is 10.0 Å². The Balaban J connectivity index is 1.54. The number of hydrogen-bond acceptors (Lipinski definition) is 7. The Kier molecular flexibility index (Phi) is 6.99. The Labute approximate surface area is 205 Å². The van der Waals surface area contributed by atoms with E-state index in [0.29, 0.717) is 34.5 Å². The first kappa shape index (κ1) is 23.5. The number of hydrogen-bond donors (Lipinski definition) is 3. The quantitative estimate of drug-likeness (QED) is 0.419. The lowest BCUT2D eigenvalue weighted by atomic mass is 10.1. The maximum atomic E-state index is 12.0. The van der Waals surface area contributed by atoms with Gasteiger partial charge in [-0.2, -0.15) is 10.1 Å². The molecular weight excluding hydrogens is 479 g/mol. The molecule has 2 aromatic heterocycles. The zero-order valence-corrected chi connectivity index (χ0v) is 19.6. The van der Waals surface area contributed by atoms with Gasteiger partial charge in [0.15, 0.2) is 0 Å². The molecule has 1 fully saturated rings. The molecule has 176 valence electrons. The molecule has 1 aromatic carbocycles. The highest BCUT2D eigenvalue weighted by Gasteiger charge is 2.24. The third-order valence-electron chi connectivity index (χ3n) is 5.37. The molecule has 0 spiro atoms. The average molecular weight is 501 g/mol. The zero-order chi connectivity index (χ0) is 24.2. The number of nitrogens with one attached hydrogen (secondary N) is 2. The Morgan fingerprint density at radius 1 is 1.21 bits per heavy atom. The first-order valence-corrected chi connectivity index (χ1v) is 11.2. The van der Waals surface area contributed by atoms with E-state index in [0.717, 1.165) is 12.8 Å². The fraction of sp³-hybridized carbons (Fsp3) is 0.227. The highest BCUT2D eigenvalue weighted by atomic mass is 35.5. The molecule has 12 heteroatoms. The van der Waals surface area contributed by atoms with Crippen LogP contribution in [-0.4, -0.2) is 49.6 Å². The van der Waals surface area contributed by atoms with Gasteiger partial charge in [0.25, 0.3) is 5.91 Å². The Morgan fingerprint density at radius 3 is 2.68 bits per heavy atom. The van der Waals surface area contributed by atoms with Gasteiger partial charge in [0.05, 0.1) is 33.7 Å². The van der Waals surface area contributed by atoms with Gasteiger partial charge in [0, 0.05) is 25.5 Å². The lowest BCUT2D eigenvalue weighted by Crippen LogP contribution is -2.39. The number of nitrogens with two attached hydrogens (primary N) is 1. The number of anilines is 4. The predicted molar refractivity (Wildman–Crippen MR) is 131 cm³/mol. The molecule has 1 aliphatic rings. The van der Waals surface area contributed by atoms with Gasteiger partial charge in [-0.3, -0.25) is 14.3 Å². The van der Waals surface area contributed by atoms with Crippen LogP contribution in [0.1, 0.15) is 29.2 Å². The number of amides is 2. The van der Waals surface area contributed by atoms with Gasteiger partial charge in [0.2, 0.25) is 11.9 Å². The molecule has 0 radical (unpaired) electrons. The van der Waals surface area contributed by atoms with Gasteiger partial charge < -0.3 is 21.3 Å². The summed E-state index contributed by atoms with van der Waals surface area (Å²) in [6.45, 7) is 4.82. The maximum Gasteiger partial charge on any atom is 0.254 e. The number of likely N-dealkylation sites (tertiary alicyclic amines) is 1. The first-order valence-electron chi connectivity index (χ1n) is 10.5. The van der Waals surface area contributed by atoms with Gasteiger partial charge in [-0.25, -0.2) is 4.98 Å². The van der Waals surface area contributed by atoms with Crippen molar-refractivity contribution in [3.8, 4) is 0 Å². The highest BCUT2D eigenvalue weighted by molar-refractivity contribution is 6.39. The minimum atomic E-state index is -0.707. The van der Waals surface area contributed by atoms with Crippen molar-refractivity contribution in [3.05, 3.63) is 65.1 Å². The van der Waals surface area contributed by atoms with Crippen LogP contribution in [0.15, 0.2) is 49.4 Å². The van der Waals surface area contributed by atoms with E-state index in [1.807, 2.05) is 10.9 Å². The summed E-state index contributed by atoms with van der Waals surface area (Å²) in [4.78, 5) is 34.2. The van der Waals surface area contributed by atoms with Crippen LogP contribution < -0.4 is 16.4 Å². The number of piperidine rings is 1. The summed E-state index contributed by atoms with van der Waals surface area (Å²) in [6, 6.07) is 5.06. The Hall–Kier alpha value is -3.63. The van der Waals surface area contributed by atoms with Gasteiger partial charge in [-0.15, -0.1) is 0 Å². The number of benzene rings is 1. The second-order valence-electron chi connectivity index (χ2n) is 7.66. The number of carbonyl (C=O) groups excluding carboxylic acids is 2. The molecule has 4 N–H and O–H groups in total. The number of carbonyl (C=O) groups is 2. The smallest absolute Gasteiger partial charge is 0.254 e. The molecule has 3 aromatic rings. The number of rotatable bonds is 7. The fourth-order valence-electron chi connectivity index (χ4n) is 3.68. The van der Waals surface area contributed by atoms with Crippen molar-refractivity contribution in [1.29, 1.82) is 0 Å². The summed E-state index contributed by atoms with van der Waals surface area (Å²) >= 11 is 12.5. The first-order chi connectivity index (χ1) is 16.4. The summed E-state index contributed by atoms with van der Waals surface area (Å²) < 4.78 is 1.81. The van der Waals surface area contributed by atoms with Crippen molar-refractivity contribution in [2.75, 3.05) is 23.7 Å². The van der Waals surface area contributed by atoms with Gasteiger partial charge in [-0.05, 0) is 31.1 Å². The van der Waals surface area contributed by atoms with Gasteiger partial charge in [-0.1, -0.05) is 35.8 Å². The van der Waals surface area contributed by atoms with E-state index in [2.05, 4.69) is 32.3 Å². The summed E-state index contributed by atoms with van der Waals surface area (Å²) in [6.07, 6.45) is 7.87. The Bertz CT molecular complexity index is 1230. The minimum absolute atomic E-state index is 0.0472. The number of primary amides is 1. The standard InChI is InChI=1S/C22H22Cl2N8O2/c1-2-18(33)31-8-4-5-14(12-31)32-11-13(9-27-32)28-22-26-10-15(20(25)34)21(30-22)29-19-16(23)6-3-7-17(19)24/h2-3,6-7,9-11,14H,1,4-5,8,12H2,(H2,25,34)(H2,26,28,29,30)/t14-/m1/s1. The molecule has 0 saturated carbocycles. The number of nitrogens with zero attached hydrogens (tertiary/aromatic N) is 5. The lowest BCUT2D eigenvalue weighted by Gasteiger charge is -2.32. The van der Waals surface area contributed by atoms with Crippen LogP contribution in [0.3, 0.4) is 0 Å². The lowest BCUT2D eigenvalue weighted by molar-refractivity contribution is -0.127. The second-order valence-corrected chi connectivity index (χ2v) is 8.47. The third kappa shape index (κ3) is 5.13. The summed E-state index contributed by atoms with van der Waals surface area (Å²) in [7, 11) is 0. The SMILES string of the molecule is C=CC(=O)N1CCC[C@@H](n2cc(Nc3ncc(C(N)=O)c(Nc4c(Cl)cccc4Cl)n3)cn2)C1. The molecule has 1 saturated heterocycles. The van der Waals surface area contributed by atoms with E-state index < -0.39 is 5.91 Å². The molecule has 3 heterocycles. The third-order valence-corrected chi connectivity index (χ3v) is 6.00. The van der Waals surface area contributed by atoms with E-state index in [-0.39, 0.29) is 29.3 Å². The maximum absolute atomic E-state index is 12.0. The highest BCUT2D eigenvalue weighted by Crippen LogP contribution is 2.33. The van der Waals surface area contributed by atoms with Crippen LogP contribution in [-0.2, 0) is 4.79 Å². The Morgan fingerprint density at radius 2 is 1.97 bits per heavy atom. The second kappa shape index (κ2) is 10.1. The largest absolute Gasteiger partial charge is 0.365 e. The van der Waals surface area contributed by atoms with Crippen LogP contribution in [0, 0.1) is 0 Å². The molecule has 4 rings (SSSR count). The monoisotopic (exact) mass is 500 g/mol. The van der Waals surface area contributed by atoms with Crippen molar-refractivity contribution in [2.45, 2.75) is 18.9 Å². The summed E-state index contributed by atoms with van der Waals surface area (Å²) in [5.41, 5.74) is 6.59. The van der Waals surface area contributed by atoms with Gasteiger partial charge in [0.1, 0.15) is 11.4 Å². The topological polar surface area (TPSA) is 131 Å². The average Bonchev–Trinajstić information content (AvgIpc) is 3.29. The molecule has 10 nitrogen and oxygen atoms in total. The molecule has 1 aliphatic heterocycles. The molecule has 0 bridgehead atoms. The van der Waals surface area contributed by atoms with Crippen LogP contribution in [0.5, 0.6) is 0 Å². The molecule has 2 amide bonds. The number of halogens is 2. The van der Waals surface area contributed by atoms with Crippen LogP contribution in [0.4, 0.5) is 23.1 Å². The zero-order valence-electron chi connectivity index (χ0n) is 18.0. The van der Waals surface area contributed by atoms with Crippen molar-refractivity contribution in [2.24, 2.45) is 5.73 Å². The van der Waals surface area contributed by atoms with E-state index in [1.165, 1.54) is 12.3 Å². The van der Waals surface area contributed by atoms with E-state index in [1.54, 1.807) is 29.3 Å². The fourth-order valence-corrected chi connectivity index (χ4v) is 4.18. The molecular formula is C22H22Cl2N8O2. The summed E-state index contributed by atoms with van der Waals surface area (Å²) in [5.74, 6) is -0.432. The van der Waals surface area contributed by atoms with Crippen molar-refractivity contribution < 1.29 is 9.59 Å². The normalized spacial score (nSPS) is 15.6. The van der Waals surface area contributed by atoms with Crippen molar-refractivity contribution in [1.82, 2.24) is 24.6 Å². The molecule has 34 heavy (non-hydrogen) atoms.